The summed E-state index contributed by atoms with van der Waals surface area (Å²) in [7, 11) is -3.69. The maximum absolute atomic E-state index is 11.1. The van der Waals surface area contributed by atoms with Crippen LogP contribution in [0.1, 0.15) is 0 Å². The topological polar surface area (TPSA) is 116 Å². The number of nitrogens with two attached hydrogens (primary N) is 1. The minimum Gasteiger partial charge on any atom is -0.395 e. The molecule has 0 saturated heterocycles. The summed E-state index contributed by atoms with van der Waals surface area (Å²) in [4.78, 5) is 0.0314. The highest BCUT2D eigenvalue weighted by molar-refractivity contribution is 7.89. The molecule has 0 aromatic heterocycles. The van der Waals surface area contributed by atoms with Crippen LogP contribution in [0, 0.1) is 0 Å². The lowest BCUT2D eigenvalue weighted by Gasteiger charge is -2.22. The number of rotatable bonds is 7. The summed E-state index contributed by atoms with van der Waals surface area (Å²) in [5.41, 5.74) is 3.58. The van der Waals surface area contributed by atoms with Gasteiger partial charge in [0.1, 0.15) is 0 Å². The van der Waals surface area contributed by atoms with Gasteiger partial charge in [-0.2, -0.15) is 0 Å². The van der Waals surface area contributed by atoms with Crippen LogP contribution in [0.5, 0.6) is 0 Å². The Kier molecular flexibility index (Phi) is 5.51. The van der Waals surface area contributed by atoms with E-state index in [1.807, 2.05) is 0 Å². The van der Waals surface area contributed by atoms with Gasteiger partial charge < -0.3 is 15.6 Å². The highest BCUT2D eigenvalue weighted by Crippen LogP contribution is 2.13. The maximum Gasteiger partial charge on any atom is 0.238 e. The largest absolute Gasteiger partial charge is 0.395 e. The number of anilines is 1. The molecule has 1 aromatic carbocycles. The van der Waals surface area contributed by atoms with Crippen molar-refractivity contribution in [2.24, 2.45) is 5.14 Å². The van der Waals surface area contributed by atoms with E-state index in [1.54, 1.807) is 17.1 Å². The van der Waals surface area contributed by atoms with Crippen LogP contribution in [0.3, 0.4) is 0 Å². The highest BCUT2D eigenvalue weighted by atomic mass is 32.2. The standard InChI is InChI=1S/C10H17N3O4S/c11-18(16,17)10-3-1-9(2-4-10)12-13(5-7-14)6-8-15/h1-4,12,14-15H,5-8H2,(H2,11,16,17). The minimum atomic E-state index is -3.69. The molecule has 5 N–H and O–H groups in total. The van der Waals surface area contributed by atoms with Crippen LogP contribution >= 0.6 is 0 Å². The molecular formula is C10H17N3O4S. The molecule has 0 heterocycles. The van der Waals surface area contributed by atoms with E-state index >= 15 is 0 Å². The predicted octanol–water partition coefficient (Wildman–Crippen LogP) is -1.05. The van der Waals surface area contributed by atoms with Crippen LogP contribution in [0.15, 0.2) is 29.2 Å². The van der Waals surface area contributed by atoms with Crippen molar-refractivity contribution in [3.05, 3.63) is 24.3 Å². The van der Waals surface area contributed by atoms with Gasteiger partial charge in [-0.1, -0.05) is 0 Å². The van der Waals surface area contributed by atoms with Gasteiger partial charge in [-0.05, 0) is 24.3 Å². The Labute approximate surface area is 106 Å². The van der Waals surface area contributed by atoms with E-state index < -0.39 is 10.0 Å². The van der Waals surface area contributed by atoms with Crippen molar-refractivity contribution in [3.8, 4) is 0 Å². The van der Waals surface area contributed by atoms with Crippen molar-refractivity contribution in [1.82, 2.24) is 5.01 Å². The maximum atomic E-state index is 11.1. The molecule has 0 aliphatic carbocycles. The fourth-order valence-electron chi connectivity index (χ4n) is 1.37. The number of hydrazine groups is 1. The summed E-state index contributed by atoms with van der Waals surface area (Å²) in [6, 6.07) is 5.88. The number of hydrogen-bond acceptors (Lipinski definition) is 6. The number of aliphatic hydroxyl groups is 2. The first-order chi connectivity index (χ1) is 8.47. The average molecular weight is 275 g/mol. The molecule has 0 atom stereocenters. The fraction of sp³-hybridized carbons (Fsp3) is 0.400. The molecule has 18 heavy (non-hydrogen) atoms. The van der Waals surface area contributed by atoms with Gasteiger partial charge in [0.2, 0.25) is 10.0 Å². The van der Waals surface area contributed by atoms with Crippen molar-refractivity contribution < 1.29 is 18.6 Å². The normalized spacial score (nSPS) is 11.8. The zero-order valence-electron chi connectivity index (χ0n) is 9.78. The number of sulfonamides is 1. The smallest absolute Gasteiger partial charge is 0.238 e. The zero-order valence-corrected chi connectivity index (χ0v) is 10.6. The van der Waals surface area contributed by atoms with Crippen LogP contribution in [-0.2, 0) is 10.0 Å². The molecule has 0 bridgehead atoms. The second-order valence-electron chi connectivity index (χ2n) is 3.62. The van der Waals surface area contributed by atoms with E-state index in [4.69, 9.17) is 15.4 Å². The molecule has 102 valence electrons. The van der Waals surface area contributed by atoms with Gasteiger partial charge in [0, 0.05) is 18.8 Å². The molecule has 0 unspecified atom stereocenters. The number of benzene rings is 1. The first-order valence-electron chi connectivity index (χ1n) is 5.33. The van der Waals surface area contributed by atoms with Gasteiger partial charge in [-0.25, -0.2) is 18.6 Å². The van der Waals surface area contributed by atoms with E-state index in [-0.39, 0.29) is 18.1 Å². The van der Waals surface area contributed by atoms with Gasteiger partial charge in [-0.15, -0.1) is 0 Å². The lowest BCUT2D eigenvalue weighted by molar-refractivity contribution is 0.183. The number of hydrogen-bond donors (Lipinski definition) is 4. The molecule has 0 saturated carbocycles. The monoisotopic (exact) mass is 275 g/mol. The summed E-state index contributed by atoms with van der Waals surface area (Å²) in [6.45, 7) is 0.583. The van der Waals surface area contributed by atoms with Crippen molar-refractivity contribution in [2.45, 2.75) is 4.90 Å². The van der Waals surface area contributed by atoms with Crippen LogP contribution in [0.2, 0.25) is 0 Å². The van der Waals surface area contributed by atoms with E-state index in [0.717, 1.165) is 0 Å². The van der Waals surface area contributed by atoms with Crippen molar-refractivity contribution in [1.29, 1.82) is 0 Å². The van der Waals surface area contributed by atoms with Crippen LogP contribution < -0.4 is 10.6 Å². The van der Waals surface area contributed by atoms with E-state index in [0.29, 0.717) is 18.8 Å². The van der Waals surface area contributed by atoms with Crippen molar-refractivity contribution in [3.63, 3.8) is 0 Å². The van der Waals surface area contributed by atoms with Crippen LogP contribution in [0.25, 0.3) is 0 Å². The summed E-state index contributed by atoms with van der Waals surface area (Å²) in [5.74, 6) is 0. The zero-order chi connectivity index (χ0) is 13.6. The Morgan fingerprint density at radius 3 is 2.00 bits per heavy atom. The molecule has 0 amide bonds. The second kappa shape index (κ2) is 6.66. The highest BCUT2D eigenvalue weighted by Gasteiger charge is 2.08. The summed E-state index contributed by atoms with van der Waals surface area (Å²) >= 11 is 0. The number of nitrogens with one attached hydrogen (secondary N) is 1. The fourth-order valence-corrected chi connectivity index (χ4v) is 1.88. The molecule has 7 nitrogen and oxygen atoms in total. The Hall–Kier alpha value is -1.19. The molecule has 8 heteroatoms. The lowest BCUT2D eigenvalue weighted by Crippen LogP contribution is -2.35. The minimum absolute atomic E-state index is 0.0314. The summed E-state index contributed by atoms with van der Waals surface area (Å²) in [6.07, 6.45) is 0. The Morgan fingerprint density at radius 1 is 1.11 bits per heavy atom. The summed E-state index contributed by atoms with van der Waals surface area (Å²) in [5, 5.41) is 24.3. The van der Waals surface area contributed by atoms with Crippen LogP contribution in [-0.4, -0.2) is 49.9 Å². The molecule has 1 aromatic rings. The third kappa shape index (κ3) is 4.59. The first-order valence-corrected chi connectivity index (χ1v) is 6.88. The number of nitrogens with zero attached hydrogens (tertiary/aromatic N) is 1. The van der Waals surface area contributed by atoms with Gasteiger partial charge in [0.15, 0.2) is 0 Å². The molecule has 0 radical (unpaired) electrons. The Balaban J connectivity index is 2.73. The third-order valence-corrected chi connectivity index (χ3v) is 3.14. The second-order valence-corrected chi connectivity index (χ2v) is 5.18. The van der Waals surface area contributed by atoms with E-state index in [9.17, 15) is 8.42 Å². The molecule has 1 rings (SSSR count). The third-order valence-electron chi connectivity index (χ3n) is 2.21. The number of aliphatic hydroxyl groups excluding tert-OH is 2. The average Bonchev–Trinajstić information content (AvgIpc) is 2.29. The quantitative estimate of drug-likeness (QED) is 0.472. The van der Waals surface area contributed by atoms with Gasteiger partial charge in [0.25, 0.3) is 0 Å². The molecule has 0 aliphatic rings. The van der Waals surface area contributed by atoms with Gasteiger partial charge >= 0.3 is 0 Å². The van der Waals surface area contributed by atoms with Gasteiger partial charge in [-0.3, -0.25) is 0 Å². The SMILES string of the molecule is NS(=O)(=O)c1ccc(NN(CCO)CCO)cc1. The van der Waals surface area contributed by atoms with E-state index in [1.165, 1.54) is 12.1 Å². The van der Waals surface area contributed by atoms with Crippen molar-refractivity contribution >= 4 is 15.7 Å². The Morgan fingerprint density at radius 2 is 1.61 bits per heavy atom. The molecular weight excluding hydrogens is 258 g/mol. The molecule has 0 fully saturated rings. The van der Waals surface area contributed by atoms with E-state index in [2.05, 4.69) is 5.43 Å². The lowest BCUT2D eigenvalue weighted by atomic mass is 10.3. The number of primary sulfonamides is 1. The molecule has 0 aliphatic heterocycles. The van der Waals surface area contributed by atoms with Crippen molar-refractivity contribution in [2.75, 3.05) is 31.7 Å². The summed E-state index contributed by atoms with van der Waals surface area (Å²) < 4.78 is 22.1. The van der Waals surface area contributed by atoms with Gasteiger partial charge in [0.05, 0.1) is 18.1 Å². The predicted molar refractivity (Wildman–Crippen MR) is 67.2 cm³/mol. The Bertz CT molecular complexity index is 455. The first kappa shape index (κ1) is 14.9. The molecule has 0 spiro atoms. The van der Waals surface area contributed by atoms with Crippen LogP contribution in [0.4, 0.5) is 5.69 Å².